The first-order valence-electron chi connectivity index (χ1n) is 9.72. The number of urea groups is 1. The van der Waals surface area contributed by atoms with Crippen LogP contribution < -0.4 is 15.4 Å². The van der Waals surface area contributed by atoms with E-state index in [1.807, 2.05) is 42.5 Å². The molecular weight excluding hydrogens is 478 g/mol. The van der Waals surface area contributed by atoms with E-state index in [0.717, 1.165) is 21.3 Å². The highest BCUT2D eigenvalue weighted by molar-refractivity contribution is 7.89. The summed E-state index contributed by atoms with van der Waals surface area (Å²) in [6.45, 7) is 0. The topological polar surface area (TPSA) is 113 Å². The molecule has 0 saturated carbocycles. The molecule has 0 saturated heterocycles. The van der Waals surface area contributed by atoms with Gasteiger partial charge in [0.25, 0.3) is 0 Å². The Hall–Kier alpha value is -3.30. The van der Waals surface area contributed by atoms with Gasteiger partial charge < -0.3 is 5.32 Å². The molecule has 0 spiro atoms. The summed E-state index contributed by atoms with van der Waals surface area (Å²) in [5, 5.41) is 7.36. The van der Waals surface area contributed by atoms with Crippen molar-refractivity contribution in [2.75, 3.05) is 18.1 Å². The highest BCUT2D eigenvalue weighted by Crippen LogP contribution is 2.31. The van der Waals surface area contributed by atoms with Crippen molar-refractivity contribution in [3.8, 4) is 23.5 Å². The van der Waals surface area contributed by atoms with Crippen LogP contribution in [0.3, 0.4) is 0 Å². The van der Waals surface area contributed by atoms with Crippen LogP contribution in [-0.2, 0) is 10.0 Å². The molecule has 4 aromatic rings. The second kappa shape index (κ2) is 9.68. The fourth-order valence-electron chi connectivity index (χ4n) is 3.24. The van der Waals surface area contributed by atoms with Crippen LogP contribution in [-0.4, -0.2) is 37.2 Å². The van der Waals surface area contributed by atoms with E-state index in [-0.39, 0.29) is 5.75 Å². The molecule has 0 aliphatic carbocycles. The highest BCUT2D eigenvalue weighted by Gasteiger charge is 2.22. The van der Waals surface area contributed by atoms with E-state index in [2.05, 4.69) is 31.2 Å². The number of anilines is 1. The Morgan fingerprint density at radius 1 is 1.18 bits per heavy atom. The van der Waals surface area contributed by atoms with Crippen LogP contribution >= 0.6 is 22.7 Å². The number of fused-ring (bicyclic) bond motifs is 1. The highest BCUT2D eigenvalue weighted by atomic mass is 32.2. The summed E-state index contributed by atoms with van der Waals surface area (Å²) in [5.74, 6) is 2.37. The molecule has 1 unspecified atom stereocenters. The Balaban J connectivity index is 1.58. The number of nitrogens with zero attached hydrogens (tertiary/aromatic N) is 2. The normalized spacial score (nSPS) is 12.2. The van der Waals surface area contributed by atoms with Crippen molar-refractivity contribution in [3.05, 3.63) is 63.9 Å². The first-order valence-corrected chi connectivity index (χ1v) is 13.1. The molecule has 0 fully saturated rings. The molecule has 2 aromatic heterocycles. The second-order valence-electron chi connectivity index (χ2n) is 6.95. The molecular formula is C22H19N5O3S3. The first-order chi connectivity index (χ1) is 15.9. The number of terminal acetylenes is 1. The van der Waals surface area contributed by atoms with Crippen LogP contribution in [0.4, 0.5) is 10.6 Å². The lowest BCUT2D eigenvalue weighted by Crippen LogP contribution is -2.38. The van der Waals surface area contributed by atoms with Gasteiger partial charge in [-0.1, -0.05) is 36.4 Å². The molecule has 0 bridgehead atoms. The standard InChI is InChI=1S/C22H19N5O3S3/c1-3-20-26-19(11-31-20)27-22(28)25-18(12-33(29,30)23-2)15-9-7-14(8-10-15)16-5-4-6-17-21(16)32-13-24-17/h1,4-11,13,18,23H,12H2,2H3,(H2,25,27,28). The number of nitrogens with one attached hydrogen (secondary N) is 3. The van der Waals surface area contributed by atoms with Gasteiger partial charge in [-0.2, -0.15) is 0 Å². The van der Waals surface area contributed by atoms with E-state index in [9.17, 15) is 13.2 Å². The number of aromatic nitrogens is 2. The third kappa shape index (κ3) is 5.37. The van der Waals surface area contributed by atoms with Crippen molar-refractivity contribution < 1.29 is 13.2 Å². The van der Waals surface area contributed by atoms with E-state index < -0.39 is 22.1 Å². The van der Waals surface area contributed by atoms with E-state index in [4.69, 9.17) is 6.42 Å². The third-order valence-electron chi connectivity index (χ3n) is 4.85. The maximum absolute atomic E-state index is 12.5. The zero-order valence-corrected chi connectivity index (χ0v) is 19.9. The van der Waals surface area contributed by atoms with E-state index in [0.29, 0.717) is 16.4 Å². The number of sulfonamides is 1. The molecule has 33 heavy (non-hydrogen) atoms. The van der Waals surface area contributed by atoms with Gasteiger partial charge in [0.2, 0.25) is 10.0 Å². The zero-order valence-electron chi connectivity index (χ0n) is 17.4. The van der Waals surface area contributed by atoms with Gasteiger partial charge in [0.05, 0.1) is 27.5 Å². The summed E-state index contributed by atoms with van der Waals surface area (Å²) in [6.07, 6.45) is 5.31. The van der Waals surface area contributed by atoms with Gasteiger partial charge in [-0.15, -0.1) is 29.1 Å². The molecule has 0 aliphatic rings. The minimum atomic E-state index is -3.61. The number of rotatable bonds is 7. The molecule has 2 amide bonds. The molecule has 2 heterocycles. The average Bonchev–Trinajstić information content (AvgIpc) is 3.47. The number of amides is 2. The summed E-state index contributed by atoms with van der Waals surface area (Å²) < 4.78 is 27.9. The maximum Gasteiger partial charge on any atom is 0.320 e. The second-order valence-corrected chi connectivity index (χ2v) is 10.6. The van der Waals surface area contributed by atoms with Crippen molar-refractivity contribution in [2.24, 2.45) is 0 Å². The Labute approximate surface area is 199 Å². The fourth-order valence-corrected chi connectivity index (χ4v) is 5.50. The van der Waals surface area contributed by atoms with Crippen molar-refractivity contribution in [2.45, 2.75) is 6.04 Å². The van der Waals surface area contributed by atoms with Gasteiger partial charge in [0.15, 0.2) is 5.01 Å². The number of carbonyl (C=O) groups is 1. The zero-order chi connectivity index (χ0) is 23.4. The molecule has 0 aliphatic heterocycles. The van der Waals surface area contributed by atoms with Crippen LogP contribution in [0.15, 0.2) is 53.4 Å². The predicted molar refractivity (Wildman–Crippen MR) is 133 cm³/mol. The Morgan fingerprint density at radius 3 is 2.67 bits per heavy atom. The molecule has 4 rings (SSSR count). The number of hydrogen-bond acceptors (Lipinski definition) is 7. The van der Waals surface area contributed by atoms with Gasteiger partial charge >= 0.3 is 6.03 Å². The Kier molecular flexibility index (Phi) is 6.71. The van der Waals surface area contributed by atoms with Gasteiger partial charge in [-0.25, -0.2) is 27.9 Å². The van der Waals surface area contributed by atoms with Crippen LogP contribution in [0, 0.1) is 12.3 Å². The number of carbonyl (C=O) groups excluding carboxylic acids is 1. The minimum Gasteiger partial charge on any atom is -0.330 e. The predicted octanol–water partition coefficient (Wildman–Crippen LogP) is 3.81. The van der Waals surface area contributed by atoms with Gasteiger partial charge in [-0.3, -0.25) is 5.32 Å². The van der Waals surface area contributed by atoms with Gasteiger partial charge in [0.1, 0.15) is 5.82 Å². The molecule has 11 heteroatoms. The molecule has 1 atom stereocenters. The van der Waals surface area contributed by atoms with E-state index in [1.165, 1.54) is 18.4 Å². The average molecular weight is 498 g/mol. The number of benzene rings is 2. The quantitative estimate of drug-likeness (QED) is 0.336. The summed E-state index contributed by atoms with van der Waals surface area (Å²) in [5.41, 5.74) is 5.38. The maximum atomic E-state index is 12.5. The lowest BCUT2D eigenvalue weighted by atomic mass is 10.0. The van der Waals surface area contributed by atoms with Crippen molar-refractivity contribution in [1.29, 1.82) is 0 Å². The molecule has 0 radical (unpaired) electrons. The van der Waals surface area contributed by atoms with Crippen molar-refractivity contribution in [3.63, 3.8) is 0 Å². The summed E-state index contributed by atoms with van der Waals surface area (Å²) in [7, 11) is -2.27. The summed E-state index contributed by atoms with van der Waals surface area (Å²) in [4.78, 5) is 21.0. The molecule has 8 nitrogen and oxygen atoms in total. The Morgan fingerprint density at radius 2 is 1.97 bits per heavy atom. The smallest absolute Gasteiger partial charge is 0.320 e. The molecule has 168 valence electrons. The lowest BCUT2D eigenvalue weighted by Gasteiger charge is -2.19. The lowest BCUT2D eigenvalue weighted by molar-refractivity contribution is 0.249. The fraction of sp³-hybridized carbons (Fsp3) is 0.136. The minimum absolute atomic E-state index is 0.300. The molecule has 3 N–H and O–H groups in total. The van der Waals surface area contributed by atoms with Crippen molar-refractivity contribution in [1.82, 2.24) is 20.0 Å². The van der Waals surface area contributed by atoms with Gasteiger partial charge in [0, 0.05) is 10.9 Å². The monoisotopic (exact) mass is 497 g/mol. The SMILES string of the molecule is C#Cc1nc(NC(=O)NC(CS(=O)(=O)NC)c2ccc(-c3cccc4ncsc34)cc2)cs1. The van der Waals surface area contributed by atoms with Crippen LogP contribution in [0.5, 0.6) is 0 Å². The van der Waals surface area contributed by atoms with E-state index in [1.54, 1.807) is 22.2 Å². The summed E-state index contributed by atoms with van der Waals surface area (Å²) >= 11 is 2.78. The summed E-state index contributed by atoms with van der Waals surface area (Å²) in [6, 6.07) is 12.0. The van der Waals surface area contributed by atoms with Crippen LogP contribution in [0.2, 0.25) is 0 Å². The van der Waals surface area contributed by atoms with Crippen LogP contribution in [0.25, 0.3) is 21.3 Å². The largest absolute Gasteiger partial charge is 0.330 e. The Bertz CT molecular complexity index is 1440. The number of thiazole rings is 2. The van der Waals surface area contributed by atoms with Gasteiger partial charge in [-0.05, 0) is 30.2 Å². The van der Waals surface area contributed by atoms with Crippen LogP contribution in [0.1, 0.15) is 16.6 Å². The number of hydrogen-bond donors (Lipinski definition) is 3. The molecule has 2 aromatic carbocycles. The van der Waals surface area contributed by atoms with E-state index >= 15 is 0 Å². The first kappa shape index (κ1) is 22.9. The van der Waals surface area contributed by atoms with Crippen molar-refractivity contribution >= 4 is 54.8 Å². The third-order valence-corrected chi connectivity index (χ3v) is 7.90.